The van der Waals surface area contributed by atoms with E-state index in [1.807, 2.05) is 0 Å². The SMILES string of the molecule is CCCCCCCCCCCC(=O)NCCCC(N)=O. The largest absolute Gasteiger partial charge is 0.370 e. The average molecular weight is 284 g/mol. The zero-order chi connectivity index (χ0) is 15.1. The lowest BCUT2D eigenvalue weighted by Crippen LogP contribution is -2.25. The molecule has 0 aliphatic heterocycles. The highest BCUT2D eigenvalue weighted by Crippen LogP contribution is 2.10. The maximum Gasteiger partial charge on any atom is 0.219 e. The van der Waals surface area contributed by atoms with E-state index >= 15 is 0 Å². The van der Waals surface area contributed by atoms with Gasteiger partial charge >= 0.3 is 0 Å². The average Bonchev–Trinajstić information content (AvgIpc) is 2.41. The molecule has 0 aromatic carbocycles. The molecule has 4 heteroatoms. The maximum absolute atomic E-state index is 11.5. The van der Waals surface area contributed by atoms with Crippen LogP contribution < -0.4 is 11.1 Å². The van der Waals surface area contributed by atoms with Crippen molar-refractivity contribution < 1.29 is 9.59 Å². The summed E-state index contributed by atoms with van der Waals surface area (Å²) in [5, 5.41) is 2.82. The Labute approximate surface area is 123 Å². The number of amides is 2. The molecule has 0 radical (unpaired) electrons. The number of carbonyl (C=O) groups excluding carboxylic acids is 2. The van der Waals surface area contributed by atoms with Gasteiger partial charge < -0.3 is 11.1 Å². The molecule has 0 aromatic heterocycles. The summed E-state index contributed by atoms with van der Waals surface area (Å²) in [6.07, 6.45) is 12.9. The smallest absolute Gasteiger partial charge is 0.219 e. The number of hydrogen-bond acceptors (Lipinski definition) is 2. The van der Waals surface area contributed by atoms with Crippen molar-refractivity contribution >= 4 is 11.8 Å². The van der Waals surface area contributed by atoms with E-state index in [-0.39, 0.29) is 11.8 Å². The fraction of sp³-hybridized carbons (Fsp3) is 0.875. The van der Waals surface area contributed by atoms with Crippen LogP contribution in [0.2, 0.25) is 0 Å². The van der Waals surface area contributed by atoms with Crippen molar-refractivity contribution in [2.75, 3.05) is 6.54 Å². The van der Waals surface area contributed by atoms with Gasteiger partial charge in [-0.2, -0.15) is 0 Å². The van der Waals surface area contributed by atoms with E-state index < -0.39 is 0 Å². The zero-order valence-electron chi connectivity index (χ0n) is 13.1. The first-order valence-electron chi connectivity index (χ1n) is 8.21. The van der Waals surface area contributed by atoms with Crippen molar-refractivity contribution in [2.24, 2.45) is 5.73 Å². The van der Waals surface area contributed by atoms with Crippen LogP contribution >= 0.6 is 0 Å². The molecule has 0 atom stereocenters. The van der Waals surface area contributed by atoms with Crippen LogP contribution in [0.1, 0.15) is 84.0 Å². The molecule has 118 valence electrons. The number of nitrogens with two attached hydrogens (primary N) is 1. The Morgan fingerprint density at radius 3 is 1.90 bits per heavy atom. The summed E-state index contributed by atoms with van der Waals surface area (Å²) in [5.41, 5.74) is 5.02. The van der Waals surface area contributed by atoms with Crippen molar-refractivity contribution in [1.82, 2.24) is 5.32 Å². The standard InChI is InChI=1S/C16H32N2O2/c1-2-3-4-5-6-7-8-9-10-13-16(20)18-14-11-12-15(17)19/h2-14H2,1H3,(H2,17,19)(H,18,20). The van der Waals surface area contributed by atoms with Gasteiger partial charge in [-0.1, -0.05) is 58.3 Å². The van der Waals surface area contributed by atoms with Crippen LogP contribution in [0.4, 0.5) is 0 Å². The predicted octanol–water partition coefficient (Wildman–Crippen LogP) is 3.29. The zero-order valence-corrected chi connectivity index (χ0v) is 13.1. The highest BCUT2D eigenvalue weighted by Gasteiger charge is 2.01. The minimum absolute atomic E-state index is 0.0948. The fourth-order valence-electron chi connectivity index (χ4n) is 2.18. The van der Waals surface area contributed by atoms with Gasteiger partial charge in [0.15, 0.2) is 0 Å². The number of nitrogens with one attached hydrogen (secondary N) is 1. The molecule has 0 saturated carbocycles. The summed E-state index contributed by atoms with van der Waals surface area (Å²) in [6, 6.07) is 0. The number of hydrogen-bond donors (Lipinski definition) is 2. The Morgan fingerprint density at radius 1 is 0.800 bits per heavy atom. The van der Waals surface area contributed by atoms with Gasteiger partial charge in [-0.15, -0.1) is 0 Å². The second kappa shape index (κ2) is 14.4. The maximum atomic E-state index is 11.5. The fourth-order valence-corrected chi connectivity index (χ4v) is 2.18. The second-order valence-corrected chi connectivity index (χ2v) is 5.50. The third-order valence-electron chi connectivity index (χ3n) is 3.43. The first-order valence-corrected chi connectivity index (χ1v) is 8.21. The van der Waals surface area contributed by atoms with Crippen molar-refractivity contribution in [3.8, 4) is 0 Å². The summed E-state index contributed by atoms with van der Waals surface area (Å²) < 4.78 is 0. The van der Waals surface area contributed by atoms with E-state index in [1.54, 1.807) is 0 Å². The molecule has 0 saturated heterocycles. The molecular weight excluding hydrogens is 252 g/mol. The lowest BCUT2D eigenvalue weighted by Gasteiger charge is -2.04. The van der Waals surface area contributed by atoms with Crippen LogP contribution in [0, 0.1) is 0 Å². The summed E-state index contributed by atoms with van der Waals surface area (Å²) in [5.74, 6) is -0.212. The van der Waals surface area contributed by atoms with Crippen LogP contribution in [0.15, 0.2) is 0 Å². The highest BCUT2D eigenvalue weighted by atomic mass is 16.2. The van der Waals surface area contributed by atoms with E-state index in [1.165, 1.54) is 44.9 Å². The molecular formula is C16H32N2O2. The van der Waals surface area contributed by atoms with Crippen molar-refractivity contribution in [1.29, 1.82) is 0 Å². The molecule has 20 heavy (non-hydrogen) atoms. The predicted molar refractivity (Wildman–Crippen MR) is 83.3 cm³/mol. The Morgan fingerprint density at radius 2 is 1.35 bits per heavy atom. The van der Waals surface area contributed by atoms with Gasteiger partial charge in [0.05, 0.1) is 0 Å². The van der Waals surface area contributed by atoms with Gasteiger partial charge in [0.25, 0.3) is 0 Å². The van der Waals surface area contributed by atoms with Crippen molar-refractivity contribution in [2.45, 2.75) is 84.0 Å². The van der Waals surface area contributed by atoms with E-state index in [2.05, 4.69) is 12.2 Å². The Bertz CT molecular complexity index is 255. The van der Waals surface area contributed by atoms with Crippen molar-refractivity contribution in [3.63, 3.8) is 0 Å². The number of rotatable bonds is 14. The molecule has 2 amide bonds. The molecule has 0 aliphatic carbocycles. The van der Waals surface area contributed by atoms with Gasteiger partial charge in [0.1, 0.15) is 0 Å². The summed E-state index contributed by atoms with van der Waals surface area (Å²) in [4.78, 5) is 22.0. The molecule has 0 fully saturated rings. The Kier molecular flexibility index (Phi) is 13.6. The molecule has 0 aromatic rings. The molecule has 0 rings (SSSR count). The van der Waals surface area contributed by atoms with E-state index in [0.29, 0.717) is 25.8 Å². The molecule has 4 nitrogen and oxygen atoms in total. The van der Waals surface area contributed by atoms with Gasteiger partial charge in [0, 0.05) is 19.4 Å². The first-order chi connectivity index (χ1) is 9.66. The Hall–Kier alpha value is -1.06. The van der Waals surface area contributed by atoms with Crippen LogP contribution in [-0.4, -0.2) is 18.4 Å². The van der Waals surface area contributed by atoms with E-state index in [4.69, 9.17) is 5.73 Å². The normalized spacial score (nSPS) is 10.4. The topological polar surface area (TPSA) is 72.2 Å². The monoisotopic (exact) mass is 284 g/mol. The molecule has 3 N–H and O–H groups in total. The number of carbonyl (C=O) groups is 2. The summed E-state index contributed by atoms with van der Waals surface area (Å²) in [7, 11) is 0. The van der Waals surface area contributed by atoms with Crippen LogP contribution in [0.25, 0.3) is 0 Å². The van der Waals surface area contributed by atoms with Gasteiger partial charge in [-0.05, 0) is 12.8 Å². The van der Waals surface area contributed by atoms with Crippen LogP contribution in [-0.2, 0) is 9.59 Å². The molecule has 0 heterocycles. The van der Waals surface area contributed by atoms with Crippen LogP contribution in [0.3, 0.4) is 0 Å². The number of unbranched alkanes of at least 4 members (excludes halogenated alkanes) is 8. The quantitative estimate of drug-likeness (QED) is 0.480. The van der Waals surface area contributed by atoms with Gasteiger partial charge in [-0.25, -0.2) is 0 Å². The molecule has 0 aliphatic rings. The second-order valence-electron chi connectivity index (χ2n) is 5.50. The third-order valence-corrected chi connectivity index (χ3v) is 3.43. The summed E-state index contributed by atoms with van der Waals surface area (Å²) in [6.45, 7) is 2.79. The van der Waals surface area contributed by atoms with Gasteiger partial charge in [0.2, 0.25) is 11.8 Å². The minimum Gasteiger partial charge on any atom is -0.370 e. The van der Waals surface area contributed by atoms with Crippen molar-refractivity contribution in [3.05, 3.63) is 0 Å². The molecule has 0 bridgehead atoms. The molecule has 0 spiro atoms. The Balaban J connectivity index is 3.17. The molecule has 0 unspecified atom stereocenters. The number of primary amides is 1. The minimum atomic E-state index is -0.307. The first kappa shape index (κ1) is 18.9. The summed E-state index contributed by atoms with van der Waals surface area (Å²) >= 11 is 0. The van der Waals surface area contributed by atoms with Gasteiger partial charge in [-0.3, -0.25) is 9.59 Å². The van der Waals surface area contributed by atoms with E-state index in [9.17, 15) is 9.59 Å². The lowest BCUT2D eigenvalue weighted by atomic mass is 10.1. The highest BCUT2D eigenvalue weighted by molar-refractivity contribution is 5.76. The van der Waals surface area contributed by atoms with E-state index in [0.717, 1.165) is 12.8 Å². The van der Waals surface area contributed by atoms with Crippen LogP contribution in [0.5, 0.6) is 0 Å². The lowest BCUT2D eigenvalue weighted by molar-refractivity contribution is -0.122. The third kappa shape index (κ3) is 15.0.